The number of amides is 1. The van der Waals surface area contributed by atoms with Crippen molar-refractivity contribution in [3.05, 3.63) is 51.2 Å². The molecule has 2 aromatic rings. The lowest BCUT2D eigenvalue weighted by atomic mass is 10.2. The molecule has 3 rings (SSSR count). The normalized spacial score (nSPS) is 13.5. The van der Waals surface area contributed by atoms with Crippen molar-refractivity contribution in [1.29, 1.82) is 0 Å². The van der Waals surface area contributed by atoms with Gasteiger partial charge in [-0.3, -0.25) is 4.79 Å². The van der Waals surface area contributed by atoms with Crippen LogP contribution < -0.4 is 10.2 Å². The van der Waals surface area contributed by atoms with Gasteiger partial charge in [0.05, 0.1) is 11.1 Å². The number of rotatable bonds is 5. The van der Waals surface area contributed by atoms with Crippen LogP contribution in [-0.4, -0.2) is 18.7 Å². The maximum atomic E-state index is 12.0. The summed E-state index contributed by atoms with van der Waals surface area (Å²) in [6, 6.07) is 7.91. The standard InChI is InChI=1S/C16H14F2N2O2S/c17-16(18)22-12-6-4-10(5-7-12)9-19-20-15(21)14-8-11-2-1-3-13(11)23-14/h4-9,16H,1-3H2,(H,20,21)/b19-9-. The molecule has 0 fully saturated rings. The fourth-order valence-corrected chi connectivity index (χ4v) is 3.54. The van der Waals surface area contributed by atoms with Gasteiger partial charge >= 0.3 is 6.61 Å². The molecular formula is C16H14F2N2O2S. The number of thiophene rings is 1. The summed E-state index contributed by atoms with van der Waals surface area (Å²) >= 11 is 1.51. The van der Waals surface area contributed by atoms with Gasteiger partial charge in [-0.1, -0.05) is 0 Å². The molecule has 23 heavy (non-hydrogen) atoms. The number of carbonyl (C=O) groups is 1. The number of aryl methyl sites for hydroxylation is 2. The molecule has 0 saturated heterocycles. The molecule has 120 valence electrons. The van der Waals surface area contributed by atoms with Gasteiger partial charge in [-0.2, -0.15) is 13.9 Å². The van der Waals surface area contributed by atoms with Gasteiger partial charge in [-0.15, -0.1) is 11.3 Å². The van der Waals surface area contributed by atoms with Crippen molar-refractivity contribution in [2.45, 2.75) is 25.9 Å². The van der Waals surface area contributed by atoms with Gasteiger partial charge in [0, 0.05) is 4.88 Å². The molecule has 1 aromatic heterocycles. The van der Waals surface area contributed by atoms with Crippen molar-refractivity contribution in [3.63, 3.8) is 0 Å². The lowest BCUT2D eigenvalue weighted by molar-refractivity contribution is -0.0498. The first-order valence-electron chi connectivity index (χ1n) is 7.11. The first-order chi connectivity index (χ1) is 11.1. The van der Waals surface area contributed by atoms with E-state index in [2.05, 4.69) is 15.3 Å². The SMILES string of the molecule is O=C(N/N=C\c1ccc(OC(F)F)cc1)c1cc2c(s1)CCC2. The first-order valence-corrected chi connectivity index (χ1v) is 7.93. The number of hydrazone groups is 1. The number of hydrogen-bond donors (Lipinski definition) is 1. The molecule has 1 aliphatic carbocycles. The van der Waals surface area contributed by atoms with Crippen molar-refractivity contribution in [1.82, 2.24) is 5.43 Å². The predicted octanol–water partition coefficient (Wildman–Crippen LogP) is 3.60. The van der Waals surface area contributed by atoms with Crippen LogP contribution in [0.15, 0.2) is 35.4 Å². The molecule has 0 radical (unpaired) electrons. The maximum Gasteiger partial charge on any atom is 0.387 e. The second kappa shape index (κ2) is 6.87. The summed E-state index contributed by atoms with van der Waals surface area (Å²) < 4.78 is 28.3. The molecule has 1 N–H and O–H groups in total. The minimum Gasteiger partial charge on any atom is -0.435 e. The molecule has 4 nitrogen and oxygen atoms in total. The van der Waals surface area contributed by atoms with E-state index < -0.39 is 6.61 Å². The Hall–Kier alpha value is -2.28. The average Bonchev–Trinajstić information content (AvgIpc) is 3.09. The number of nitrogens with one attached hydrogen (secondary N) is 1. The van der Waals surface area contributed by atoms with Gasteiger partial charge in [-0.25, -0.2) is 5.43 Å². The van der Waals surface area contributed by atoms with E-state index in [1.54, 1.807) is 12.1 Å². The molecule has 1 heterocycles. The highest BCUT2D eigenvalue weighted by Gasteiger charge is 2.18. The Kier molecular flexibility index (Phi) is 4.66. The highest BCUT2D eigenvalue weighted by molar-refractivity contribution is 7.14. The predicted molar refractivity (Wildman–Crippen MR) is 84.5 cm³/mol. The summed E-state index contributed by atoms with van der Waals surface area (Å²) in [5.41, 5.74) is 4.40. The van der Waals surface area contributed by atoms with E-state index in [1.807, 2.05) is 6.07 Å². The van der Waals surface area contributed by atoms with Gasteiger partial charge in [0.15, 0.2) is 0 Å². The smallest absolute Gasteiger partial charge is 0.387 e. The third-order valence-electron chi connectivity index (χ3n) is 3.46. The maximum absolute atomic E-state index is 12.0. The van der Waals surface area contributed by atoms with Crippen molar-refractivity contribution < 1.29 is 18.3 Å². The fourth-order valence-electron chi connectivity index (χ4n) is 2.40. The van der Waals surface area contributed by atoms with Crippen LogP contribution in [0, 0.1) is 0 Å². The molecule has 1 amide bonds. The van der Waals surface area contributed by atoms with Crippen molar-refractivity contribution >= 4 is 23.5 Å². The number of alkyl halides is 2. The van der Waals surface area contributed by atoms with Gasteiger partial charge in [-0.05, 0) is 60.7 Å². The third-order valence-corrected chi connectivity index (χ3v) is 4.69. The summed E-state index contributed by atoms with van der Waals surface area (Å²) in [6.07, 6.45) is 4.69. The molecule has 0 aliphatic heterocycles. The number of fused-ring (bicyclic) bond motifs is 1. The van der Waals surface area contributed by atoms with Crippen LogP contribution in [0.3, 0.4) is 0 Å². The second-order valence-corrected chi connectivity index (χ2v) is 6.20. The minimum absolute atomic E-state index is 0.0780. The molecule has 0 saturated carbocycles. The number of nitrogens with zero attached hydrogens (tertiary/aromatic N) is 1. The molecule has 0 spiro atoms. The van der Waals surface area contributed by atoms with Crippen LogP contribution >= 0.6 is 11.3 Å². The summed E-state index contributed by atoms with van der Waals surface area (Å²) in [6.45, 7) is -2.85. The summed E-state index contributed by atoms with van der Waals surface area (Å²) in [5, 5.41) is 3.88. The third kappa shape index (κ3) is 3.92. The Labute approximate surface area is 135 Å². The zero-order valence-electron chi connectivity index (χ0n) is 12.1. The zero-order valence-corrected chi connectivity index (χ0v) is 12.9. The Morgan fingerprint density at radius 3 is 2.78 bits per heavy atom. The Morgan fingerprint density at radius 1 is 1.30 bits per heavy atom. The summed E-state index contributed by atoms with van der Waals surface area (Å²) in [5.74, 6) is -0.160. The van der Waals surface area contributed by atoms with E-state index in [1.165, 1.54) is 40.1 Å². The molecule has 7 heteroatoms. The Balaban J connectivity index is 1.56. The highest BCUT2D eigenvalue weighted by atomic mass is 32.1. The van der Waals surface area contributed by atoms with Gasteiger partial charge in [0.25, 0.3) is 5.91 Å². The van der Waals surface area contributed by atoms with Crippen molar-refractivity contribution in [2.24, 2.45) is 5.10 Å². The van der Waals surface area contributed by atoms with E-state index in [0.29, 0.717) is 10.4 Å². The van der Waals surface area contributed by atoms with Gasteiger partial charge in [0.1, 0.15) is 5.75 Å². The van der Waals surface area contributed by atoms with Crippen LogP contribution in [0.25, 0.3) is 0 Å². The van der Waals surface area contributed by atoms with E-state index in [0.717, 1.165) is 19.3 Å². The molecule has 0 atom stereocenters. The highest BCUT2D eigenvalue weighted by Crippen LogP contribution is 2.30. The number of hydrogen-bond acceptors (Lipinski definition) is 4. The van der Waals surface area contributed by atoms with E-state index in [4.69, 9.17) is 0 Å². The van der Waals surface area contributed by atoms with Crippen LogP contribution in [0.2, 0.25) is 0 Å². The van der Waals surface area contributed by atoms with E-state index in [-0.39, 0.29) is 11.7 Å². The number of halogens is 2. The molecule has 0 bridgehead atoms. The van der Waals surface area contributed by atoms with Crippen molar-refractivity contribution in [3.8, 4) is 5.75 Å². The second-order valence-electron chi connectivity index (χ2n) is 5.06. The largest absolute Gasteiger partial charge is 0.435 e. The van der Waals surface area contributed by atoms with E-state index in [9.17, 15) is 13.6 Å². The number of ether oxygens (including phenoxy) is 1. The molecule has 0 unspecified atom stereocenters. The summed E-state index contributed by atoms with van der Waals surface area (Å²) in [4.78, 5) is 13.9. The lowest BCUT2D eigenvalue weighted by Gasteiger charge is -2.03. The number of carbonyl (C=O) groups excluding carboxylic acids is 1. The molecule has 1 aromatic carbocycles. The monoisotopic (exact) mass is 336 g/mol. The zero-order chi connectivity index (χ0) is 16.2. The Bertz CT molecular complexity index is 705. The van der Waals surface area contributed by atoms with Gasteiger partial charge in [0.2, 0.25) is 0 Å². The molecular weight excluding hydrogens is 322 g/mol. The van der Waals surface area contributed by atoms with Crippen LogP contribution in [0.5, 0.6) is 5.75 Å². The average molecular weight is 336 g/mol. The quantitative estimate of drug-likeness (QED) is 0.670. The van der Waals surface area contributed by atoms with Gasteiger partial charge < -0.3 is 4.74 Å². The Morgan fingerprint density at radius 2 is 2.09 bits per heavy atom. The lowest BCUT2D eigenvalue weighted by Crippen LogP contribution is -2.16. The van der Waals surface area contributed by atoms with Crippen molar-refractivity contribution in [2.75, 3.05) is 0 Å². The number of benzene rings is 1. The first kappa shape index (κ1) is 15.6. The molecule has 1 aliphatic rings. The van der Waals surface area contributed by atoms with Crippen LogP contribution in [0.4, 0.5) is 8.78 Å². The van der Waals surface area contributed by atoms with E-state index >= 15 is 0 Å². The fraction of sp³-hybridized carbons (Fsp3) is 0.250. The topological polar surface area (TPSA) is 50.7 Å². The van der Waals surface area contributed by atoms with Crippen LogP contribution in [-0.2, 0) is 12.8 Å². The van der Waals surface area contributed by atoms with Crippen LogP contribution in [0.1, 0.15) is 32.1 Å². The summed E-state index contributed by atoms with van der Waals surface area (Å²) in [7, 11) is 0. The minimum atomic E-state index is -2.85.